The first-order valence-corrected chi connectivity index (χ1v) is 6.07. The van der Waals surface area contributed by atoms with E-state index in [2.05, 4.69) is 11.9 Å². The van der Waals surface area contributed by atoms with E-state index in [-0.39, 0.29) is 6.61 Å². The number of aliphatic carboxylic acids is 1. The highest BCUT2D eigenvalue weighted by Gasteiger charge is 2.30. The van der Waals surface area contributed by atoms with Crippen LogP contribution in [-0.4, -0.2) is 71.9 Å². The van der Waals surface area contributed by atoms with E-state index in [1.54, 1.807) is 6.92 Å². The minimum Gasteiger partial charge on any atom is -0.478 e. The number of aliphatic hydroxyl groups excluding tert-OH is 1. The van der Waals surface area contributed by atoms with Crippen molar-refractivity contribution in [3.63, 3.8) is 0 Å². The maximum Gasteiger partial charge on any atom is 0.336 e. The zero-order chi connectivity index (χ0) is 12.9. The second-order valence-corrected chi connectivity index (χ2v) is 4.89. The first-order valence-electron chi connectivity index (χ1n) is 6.07. The predicted molar refractivity (Wildman–Crippen MR) is 65.5 cm³/mol. The summed E-state index contributed by atoms with van der Waals surface area (Å²) < 4.78 is 0.684. The molecule has 98 valence electrons. The Bertz CT molecular complexity index is 289. The molecule has 0 atom stereocenters. The Morgan fingerprint density at radius 3 is 2.47 bits per heavy atom. The number of aliphatic hydroxyl groups is 1. The number of piperazine rings is 1. The molecule has 1 aliphatic rings. The third-order valence-corrected chi connectivity index (χ3v) is 3.42. The SMILES string of the molecule is CC(=C[N+]1(CCCO)CCN(C)CC1)C(=O)O. The van der Waals surface area contributed by atoms with Gasteiger partial charge in [0.25, 0.3) is 0 Å². The molecular formula is C12H23N2O3+. The van der Waals surface area contributed by atoms with Crippen molar-refractivity contribution in [2.24, 2.45) is 0 Å². The number of hydrogen-bond donors (Lipinski definition) is 2. The van der Waals surface area contributed by atoms with Gasteiger partial charge in [0.1, 0.15) is 6.20 Å². The van der Waals surface area contributed by atoms with Gasteiger partial charge in [-0.2, -0.15) is 0 Å². The fraction of sp³-hybridized carbons (Fsp3) is 0.750. The number of nitrogens with zero attached hydrogens (tertiary/aromatic N) is 2. The lowest BCUT2D eigenvalue weighted by Gasteiger charge is -2.41. The van der Waals surface area contributed by atoms with Crippen LogP contribution in [0.1, 0.15) is 13.3 Å². The van der Waals surface area contributed by atoms with Crippen LogP contribution in [0.25, 0.3) is 0 Å². The van der Waals surface area contributed by atoms with E-state index < -0.39 is 5.97 Å². The largest absolute Gasteiger partial charge is 0.478 e. The van der Waals surface area contributed by atoms with Gasteiger partial charge in [0.05, 0.1) is 25.2 Å². The fourth-order valence-electron chi connectivity index (χ4n) is 2.23. The molecule has 0 saturated carbocycles. The van der Waals surface area contributed by atoms with E-state index >= 15 is 0 Å². The summed E-state index contributed by atoms with van der Waals surface area (Å²) in [5.41, 5.74) is 0.396. The van der Waals surface area contributed by atoms with Crippen molar-refractivity contribution < 1.29 is 19.5 Å². The van der Waals surface area contributed by atoms with Crippen LogP contribution in [0.4, 0.5) is 0 Å². The Morgan fingerprint density at radius 1 is 1.41 bits per heavy atom. The molecule has 0 aliphatic carbocycles. The molecule has 0 bridgehead atoms. The number of rotatable bonds is 5. The molecule has 17 heavy (non-hydrogen) atoms. The van der Waals surface area contributed by atoms with Gasteiger partial charge in [-0.3, -0.25) is 9.38 Å². The number of carboxylic acid groups (broad SMARTS) is 1. The summed E-state index contributed by atoms with van der Waals surface area (Å²) in [6.07, 6.45) is 2.57. The molecular weight excluding hydrogens is 220 g/mol. The number of hydrogen-bond acceptors (Lipinski definition) is 3. The molecule has 2 N–H and O–H groups in total. The van der Waals surface area contributed by atoms with Crippen molar-refractivity contribution in [3.05, 3.63) is 11.8 Å². The molecule has 1 fully saturated rings. The van der Waals surface area contributed by atoms with Crippen molar-refractivity contribution in [2.75, 3.05) is 46.4 Å². The quantitative estimate of drug-likeness (QED) is 0.532. The van der Waals surface area contributed by atoms with Crippen molar-refractivity contribution in [1.82, 2.24) is 4.90 Å². The van der Waals surface area contributed by atoms with Gasteiger partial charge in [0.2, 0.25) is 0 Å². The highest BCUT2D eigenvalue weighted by atomic mass is 16.4. The summed E-state index contributed by atoms with van der Waals surface area (Å²) in [6.45, 7) is 6.39. The normalized spacial score (nSPS) is 21.5. The van der Waals surface area contributed by atoms with Crippen molar-refractivity contribution >= 4 is 5.97 Å². The second-order valence-electron chi connectivity index (χ2n) is 4.89. The summed E-state index contributed by atoms with van der Waals surface area (Å²) in [4.78, 5) is 13.2. The molecule has 0 aromatic carbocycles. The lowest BCUT2D eigenvalue weighted by Crippen LogP contribution is -2.56. The Hall–Kier alpha value is -0.910. The Kier molecular flexibility index (Phi) is 5.11. The summed E-state index contributed by atoms with van der Waals surface area (Å²) in [5, 5.41) is 17.9. The smallest absolute Gasteiger partial charge is 0.336 e. The Morgan fingerprint density at radius 2 is 2.00 bits per heavy atom. The standard InChI is InChI=1S/C12H22N2O3/c1-11(12(16)17)10-14(6-3-9-15)7-4-13(2)5-8-14/h10,15H,3-9H2,1-2H3/p+1. The molecule has 1 aliphatic heterocycles. The van der Waals surface area contributed by atoms with E-state index in [9.17, 15) is 4.79 Å². The molecule has 0 unspecified atom stereocenters. The van der Waals surface area contributed by atoms with Crippen LogP contribution in [-0.2, 0) is 4.79 Å². The highest BCUT2D eigenvalue weighted by molar-refractivity contribution is 5.85. The van der Waals surface area contributed by atoms with Crippen molar-refractivity contribution in [2.45, 2.75) is 13.3 Å². The summed E-state index contributed by atoms with van der Waals surface area (Å²) in [5.74, 6) is -0.856. The van der Waals surface area contributed by atoms with Gasteiger partial charge in [0, 0.05) is 26.1 Å². The van der Waals surface area contributed by atoms with Crippen LogP contribution in [0.5, 0.6) is 0 Å². The Labute approximate surface area is 103 Å². The maximum atomic E-state index is 10.9. The number of quaternary nitrogens is 1. The molecule has 0 spiro atoms. The molecule has 5 heteroatoms. The monoisotopic (exact) mass is 243 g/mol. The van der Waals surface area contributed by atoms with Gasteiger partial charge in [-0.1, -0.05) is 0 Å². The lowest BCUT2D eigenvalue weighted by molar-refractivity contribution is -0.884. The van der Waals surface area contributed by atoms with E-state index in [0.717, 1.165) is 32.7 Å². The van der Waals surface area contributed by atoms with Gasteiger partial charge in [-0.25, -0.2) is 4.79 Å². The topological polar surface area (TPSA) is 60.8 Å². The molecule has 0 radical (unpaired) electrons. The Balaban J connectivity index is 2.79. The summed E-state index contributed by atoms with van der Waals surface area (Å²) in [7, 11) is 2.08. The van der Waals surface area contributed by atoms with Gasteiger partial charge in [-0.15, -0.1) is 0 Å². The number of likely N-dealkylation sites (N-methyl/N-ethyl adjacent to an activating group) is 1. The third kappa shape index (κ3) is 4.11. The van der Waals surface area contributed by atoms with E-state index in [1.165, 1.54) is 0 Å². The first kappa shape index (κ1) is 14.2. The van der Waals surface area contributed by atoms with Crippen LogP contribution >= 0.6 is 0 Å². The molecule has 5 nitrogen and oxygen atoms in total. The van der Waals surface area contributed by atoms with Gasteiger partial charge >= 0.3 is 5.97 Å². The molecule has 0 amide bonds. The zero-order valence-corrected chi connectivity index (χ0v) is 10.7. The van der Waals surface area contributed by atoms with E-state index in [0.29, 0.717) is 16.5 Å². The second kappa shape index (κ2) is 6.14. The van der Waals surface area contributed by atoms with Crippen LogP contribution < -0.4 is 0 Å². The third-order valence-electron chi connectivity index (χ3n) is 3.42. The van der Waals surface area contributed by atoms with Gasteiger partial charge < -0.3 is 10.2 Å². The maximum absolute atomic E-state index is 10.9. The molecule has 0 aromatic heterocycles. The average molecular weight is 243 g/mol. The minimum atomic E-state index is -0.856. The highest BCUT2D eigenvalue weighted by Crippen LogP contribution is 2.16. The molecule has 1 rings (SSSR count). The molecule has 1 heterocycles. The van der Waals surface area contributed by atoms with Crippen LogP contribution in [0.15, 0.2) is 11.8 Å². The fourth-order valence-corrected chi connectivity index (χ4v) is 2.23. The molecule has 1 saturated heterocycles. The summed E-state index contributed by atoms with van der Waals surface area (Å²) >= 11 is 0. The van der Waals surface area contributed by atoms with Crippen molar-refractivity contribution in [3.8, 4) is 0 Å². The van der Waals surface area contributed by atoms with E-state index in [1.807, 2.05) is 6.20 Å². The lowest BCUT2D eigenvalue weighted by atomic mass is 10.2. The first-order chi connectivity index (χ1) is 7.99. The van der Waals surface area contributed by atoms with Crippen LogP contribution in [0, 0.1) is 0 Å². The average Bonchev–Trinajstić information content (AvgIpc) is 2.30. The minimum absolute atomic E-state index is 0.162. The number of carbonyl (C=O) groups is 1. The predicted octanol–water partition coefficient (Wildman–Crippen LogP) is 0.119. The van der Waals surface area contributed by atoms with Crippen LogP contribution in [0.2, 0.25) is 0 Å². The van der Waals surface area contributed by atoms with Crippen LogP contribution in [0.3, 0.4) is 0 Å². The van der Waals surface area contributed by atoms with Gasteiger partial charge in [-0.05, 0) is 14.0 Å². The van der Waals surface area contributed by atoms with Gasteiger partial charge in [0.15, 0.2) is 0 Å². The zero-order valence-electron chi connectivity index (χ0n) is 10.7. The number of carboxylic acids is 1. The van der Waals surface area contributed by atoms with Crippen molar-refractivity contribution in [1.29, 1.82) is 0 Å². The summed E-state index contributed by atoms with van der Waals surface area (Å²) in [6, 6.07) is 0. The molecule has 0 aromatic rings. The van der Waals surface area contributed by atoms with E-state index in [4.69, 9.17) is 10.2 Å².